The van der Waals surface area contributed by atoms with Crippen molar-refractivity contribution in [2.45, 2.75) is 59.0 Å². The Kier molecular flexibility index (Phi) is 5.03. The molecule has 2 heterocycles. The minimum absolute atomic E-state index is 0.211. The normalized spacial score (nSPS) is 14.1. The van der Waals surface area contributed by atoms with Gasteiger partial charge in [-0.2, -0.15) is 0 Å². The lowest BCUT2D eigenvalue weighted by molar-refractivity contribution is 0.105. The van der Waals surface area contributed by atoms with Crippen molar-refractivity contribution >= 4 is 0 Å². The van der Waals surface area contributed by atoms with E-state index in [1.54, 1.807) is 18.5 Å². The van der Waals surface area contributed by atoms with E-state index >= 15 is 0 Å². The summed E-state index contributed by atoms with van der Waals surface area (Å²) in [5.41, 5.74) is 5.27. The van der Waals surface area contributed by atoms with Gasteiger partial charge in [0.05, 0.1) is 11.1 Å². The van der Waals surface area contributed by atoms with Gasteiger partial charge >= 0.3 is 0 Å². The van der Waals surface area contributed by atoms with Crippen molar-refractivity contribution < 1.29 is 9.84 Å². The first-order valence-corrected chi connectivity index (χ1v) is 10.4. The Morgan fingerprint density at radius 1 is 1.03 bits per heavy atom. The molecule has 0 atom stereocenters. The molecular formula is C25H28N2O2. The SMILES string of the molecule is CCCCCc1cc2c(c(O)c1-c1ncccn1)-c1cc(C)ccc1C(C)(C)O2. The van der Waals surface area contributed by atoms with Gasteiger partial charge in [0.15, 0.2) is 5.82 Å². The van der Waals surface area contributed by atoms with Crippen LogP contribution in [-0.2, 0) is 12.0 Å². The number of unbranched alkanes of at least 4 members (excludes halogenated alkanes) is 2. The smallest absolute Gasteiger partial charge is 0.163 e. The van der Waals surface area contributed by atoms with Gasteiger partial charge in [0.25, 0.3) is 0 Å². The van der Waals surface area contributed by atoms with Crippen molar-refractivity contribution in [3.8, 4) is 34.0 Å². The molecular weight excluding hydrogens is 360 g/mol. The van der Waals surface area contributed by atoms with Gasteiger partial charge < -0.3 is 9.84 Å². The number of aromatic hydroxyl groups is 1. The molecule has 1 aliphatic rings. The number of fused-ring (bicyclic) bond motifs is 3. The zero-order valence-electron chi connectivity index (χ0n) is 17.6. The van der Waals surface area contributed by atoms with Crippen LogP contribution in [0.2, 0.25) is 0 Å². The lowest BCUT2D eigenvalue weighted by Gasteiger charge is -2.36. The maximum atomic E-state index is 11.5. The summed E-state index contributed by atoms with van der Waals surface area (Å²) in [7, 11) is 0. The van der Waals surface area contributed by atoms with E-state index < -0.39 is 5.60 Å². The monoisotopic (exact) mass is 388 g/mol. The predicted octanol–water partition coefficient (Wildman–Crippen LogP) is 6.18. The fourth-order valence-electron chi connectivity index (χ4n) is 4.20. The van der Waals surface area contributed by atoms with Crippen molar-refractivity contribution in [3.63, 3.8) is 0 Å². The molecule has 0 spiro atoms. The van der Waals surface area contributed by atoms with E-state index in [0.29, 0.717) is 5.82 Å². The van der Waals surface area contributed by atoms with E-state index in [-0.39, 0.29) is 5.75 Å². The standard InChI is InChI=1S/C25H28N2O2/c1-5-6-7-9-17-15-20-22(23(28)21(17)24-26-12-8-13-27-24)18-14-16(2)10-11-19(18)25(3,4)29-20/h8,10-15,28H,5-7,9H2,1-4H3. The summed E-state index contributed by atoms with van der Waals surface area (Å²) in [4.78, 5) is 8.88. The number of phenols is 1. The average molecular weight is 389 g/mol. The molecule has 4 nitrogen and oxygen atoms in total. The summed E-state index contributed by atoms with van der Waals surface area (Å²) in [6.45, 7) is 8.41. The third-order valence-electron chi connectivity index (χ3n) is 5.64. The fourth-order valence-corrected chi connectivity index (χ4v) is 4.20. The van der Waals surface area contributed by atoms with Crippen LogP contribution < -0.4 is 4.74 Å². The Bertz CT molecular complexity index is 1040. The van der Waals surface area contributed by atoms with E-state index in [9.17, 15) is 5.11 Å². The molecule has 1 aromatic heterocycles. The number of ether oxygens (including phenoxy) is 1. The number of phenolic OH excluding ortho intramolecular Hbond substituents is 1. The molecule has 1 aliphatic heterocycles. The minimum atomic E-state index is -0.464. The molecule has 0 saturated heterocycles. The number of nitrogens with zero attached hydrogens (tertiary/aromatic N) is 2. The summed E-state index contributed by atoms with van der Waals surface area (Å²) in [6, 6.07) is 10.2. The molecule has 3 aromatic rings. The van der Waals surface area contributed by atoms with Crippen LogP contribution in [0.15, 0.2) is 42.7 Å². The van der Waals surface area contributed by atoms with Gasteiger partial charge in [-0.25, -0.2) is 9.97 Å². The van der Waals surface area contributed by atoms with Gasteiger partial charge in [0, 0.05) is 18.0 Å². The first-order valence-electron chi connectivity index (χ1n) is 10.4. The van der Waals surface area contributed by atoms with Crippen LogP contribution in [-0.4, -0.2) is 15.1 Å². The second kappa shape index (κ2) is 7.51. The fraction of sp³-hybridized carbons (Fsp3) is 0.360. The zero-order chi connectivity index (χ0) is 20.6. The summed E-state index contributed by atoms with van der Waals surface area (Å²) in [5.74, 6) is 1.50. The van der Waals surface area contributed by atoms with Crippen molar-refractivity contribution in [2.24, 2.45) is 0 Å². The first kappa shape index (κ1) is 19.4. The lowest BCUT2D eigenvalue weighted by atomic mass is 9.83. The van der Waals surface area contributed by atoms with Crippen molar-refractivity contribution in [1.82, 2.24) is 9.97 Å². The molecule has 0 fully saturated rings. The summed E-state index contributed by atoms with van der Waals surface area (Å²) < 4.78 is 6.40. The highest BCUT2D eigenvalue weighted by atomic mass is 16.5. The number of rotatable bonds is 5. The molecule has 0 aliphatic carbocycles. The Balaban J connectivity index is 1.98. The van der Waals surface area contributed by atoms with E-state index in [4.69, 9.17) is 4.74 Å². The van der Waals surface area contributed by atoms with Gasteiger partial charge in [0.1, 0.15) is 17.1 Å². The molecule has 0 unspecified atom stereocenters. The molecule has 0 radical (unpaired) electrons. The van der Waals surface area contributed by atoms with E-state index in [1.807, 2.05) is 0 Å². The maximum absolute atomic E-state index is 11.5. The summed E-state index contributed by atoms with van der Waals surface area (Å²) in [5, 5.41) is 11.5. The molecule has 0 bridgehead atoms. The number of benzene rings is 2. The van der Waals surface area contributed by atoms with Gasteiger partial charge in [-0.05, 0) is 56.9 Å². The molecule has 29 heavy (non-hydrogen) atoms. The molecule has 1 N–H and O–H groups in total. The van der Waals surface area contributed by atoms with Gasteiger partial charge in [-0.15, -0.1) is 0 Å². The largest absolute Gasteiger partial charge is 0.506 e. The van der Waals surface area contributed by atoms with E-state index in [2.05, 4.69) is 61.9 Å². The van der Waals surface area contributed by atoms with Crippen LogP contribution in [0.5, 0.6) is 11.5 Å². The van der Waals surface area contributed by atoms with Crippen LogP contribution in [0, 0.1) is 6.92 Å². The predicted molar refractivity (Wildman–Crippen MR) is 116 cm³/mol. The number of aromatic nitrogens is 2. The third-order valence-corrected chi connectivity index (χ3v) is 5.64. The molecule has 0 amide bonds. The van der Waals surface area contributed by atoms with Crippen molar-refractivity contribution in [2.75, 3.05) is 0 Å². The lowest BCUT2D eigenvalue weighted by Crippen LogP contribution is -2.29. The van der Waals surface area contributed by atoms with E-state index in [1.165, 1.54) is 0 Å². The number of aryl methyl sites for hydroxylation is 2. The second-order valence-electron chi connectivity index (χ2n) is 8.32. The maximum Gasteiger partial charge on any atom is 0.163 e. The minimum Gasteiger partial charge on any atom is -0.506 e. The van der Waals surface area contributed by atoms with Gasteiger partial charge in [-0.3, -0.25) is 0 Å². The van der Waals surface area contributed by atoms with Crippen LogP contribution in [0.1, 0.15) is 56.7 Å². The van der Waals surface area contributed by atoms with Crippen LogP contribution >= 0.6 is 0 Å². The van der Waals surface area contributed by atoms with Gasteiger partial charge in [0.2, 0.25) is 0 Å². The second-order valence-corrected chi connectivity index (χ2v) is 8.32. The Morgan fingerprint density at radius 2 is 1.79 bits per heavy atom. The van der Waals surface area contributed by atoms with Crippen molar-refractivity contribution in [3.05, 3.63) is 59.4 Å². The molecule has 4 rings (SSSR count). The van der Waals surface area contributed by atoms with Gasteiger partial charge in [-0.1, -0.05) is 43.5 Å². The molecule has 2 aromatic carbocycles. The van der Waals surface area contributed by atoms with Crippen LogP contribution in [0.3, 0.4) is 0 Å². The number of hydrogen-bond acceptors (Lipinski definition) is 4. The molecule has 0 saturated carbocycles. The average Bonchev–Trinajstić information content (AvgIpc) is 2.68. The zero-order valence-corrected chi connectivity index (χ0v) is 17.6. The Morgan fingerprint density at radius 3 is 2.52 bits per heavy atom. The van der Waals surface area contributed by atoms with Crippen LogP contribution in [0.25, 0.3) is 22.5 Å². The Labute approximate surface area is 172 Å². The number of hydrogen-bond donors (Lipinski definition) is 1. The summed E-state index contributed by atoms with van der Waals surface area (Å²) in [6.07, 6.45) is 7.62. The highest BCUT2D eigenvalue weighted by Gasteiger charge is 2.36. The van der Waals surface area contributed by atoms with Crippen LogP contribution in [0.4, 0.5) is 0 Å². The topological polar surface area (TPSA) is 55.2 Å². The molecule has 4 heteroatoms. The Hall–Kier alpha value is -2.88. The third kappa shape index (κ3) is 3.48. The highest BCUT2D eigenvalue weighted by molar-refractivity contribution is 5.89. The quantitative estimate of drug-likeness (QED) is 0.530. The first-order chi connectivity index (χ1) is 13.9. The summed E-state index contributed by atoms with van der Waals surface area (Å²) >= 11 is 0. The molecule has 150 valence electrons. The van der Waals surface area contributed by atoms with E-state index in [0.717, 1.165) is 64.8 Å². The highest BCUT2D eigenvalue weighted by Crippen LogP contribution is 2.53. The van der Waals surface area contributed by atoms with Crippen molar-refractivity contribution in [1.29, 1.82) is 0 Å².